The first-order valence-corrected chi connectivity index (χ1v) is 9.32. The van der Waals surface area contributed by atoms with Crippen molar-refractivity contribution in [2.45, 2.75) is 89.8 Å². The van der Waals surface area contributed by atoms with Crippen LogP contribution in [0.4, 0.5) is 0 Å². The van der Waals surface area contributed by atoms with Gasteiger partial charge >= 0.3 is 0 Å². The molecule has 0 aromatic rings. The molecular formula is C19H32O2. The van der Waals surface area contributed by atoms with Gasteiger partial charge in [-0.25, -0.2) is 0 Å². The van der Waals surface area contributed by atoms with Crippen LogP contribution in [0.25, 0.3) is 0 Å². The predicted molar refractivity (Wildman–Crippen MR) is 83.8 cm³/mol. The first kappa shape index (κ1) is 14.5. The van der Waals surface area contributed by atoms with Crippen molar-refractivity contribution >= 4 is 0 Å². The van der Waals surface area contributed by atoms with E-state index in [4.69, 9.17) is 0 Å². The molecule has 0 spiro atoms. The zero-order chi connectivity index (χ0) is 14.9. The third kappa shape index (κ3) is 1.67. The van der Waals surface area contributed by atoms with Gasteiger partial charge in [0, 0.05) is 0 Å². The SMILES string of the molecule is C[C@]12CCCC[C@@H]1CC[C@@H]1[C@@H]2CC[C@@]2(C)CC[C@H](O)[C@@]12O. The van der Waals surface area contributed by atoms with Gasteiger partial charge in [0.2, 0.25) is 0 Å². The second-order valence-corrected chi connectivity index (χ2v) is 9.22. The highest BCUT2D eigenvalue weighted by atomic mass is 16.3. The van der Waals surface area contributed by atoms with Crippen LogP contribution in [0.15, 0.2) is 0 Å². The van der Waals surface area contributed by atoms with Crippen molar-refractivity contribution in [2.75, 3.05) is 0 Å². The molecule has 0 aromatic heterocycles. The fraction of sp³-hybridized carbons (Fsp3) is 1.00. The minimum atomic E-state index is -0.804. The van der Waals surface area contributed by atoms with E-state index in [1.165, 1.54) is 38.5 Å². The molecule has 0 saturated heterocycles. The highest BCUT2D eigenvalue weighted by Gasteiger charge is 2.67. The topological polar surface area (TPSA) is 40.5 Å². The summed E-state index contributed by atoms with van der Waals surface area (Å²) in [5.74, 6) is 1.86. The van der Waals surface area contributed by atoms with E-state index < -0.39 is 11.7 Å². The van der Waals surface area contributed by atoms with E-state index in [0.29, 0.717) is 17.3 Å². The molecule has 0 aromatic carbocycles. The fourth-order valence-electron chi connectivity index (χ4n) is 7.26. The van der Waals surface area contributed by atoms with E-state index in [0.717, 1.165) is 31.6 Å². The molecule has 4 saturated carbocycles. The molecule has 0 bridgehead atoms. The second-order valence-electron chi connectivity index (χ2n) is 9.22. The summed E-state index contributed by atoms with van der Waals surface area (Å²) in [4.78, 5) is 0. The van der Waals surface area contributed by atoms with Crippen LogP contribution in [0.5, 0.6) is 0 Å². The maximum atomic E-state index is 11.6. The van der Waals surface area contributed by atoms with Crippen molar-refractivity contribution in [3.05, 3.63) is 0 Å². The van der Waals surface area contributed by atoms with Crippen LogP contribution in [0, 0.1) is 28.6 Å². The molecule has 4 fully saturated rings. The minimum Gasteiger partial charge on any atom is -0.390 e. The molecular weight excluding hydrogens is 260 g/mol. The Bertz CT molecular complexity index is 435. The summed E-state index contributed by atoms with van der Waals surface area (Å²) in [6.07, 6.45) is 11.7. The molecule has 0 heterocycles. The lowest BCUT2D eigenvalue weighted by molar-refractivity contribution is -0.228. The third-order valence-electron chi connectivity index (χ3n) is 8.63. The maximum Gasteiger partial charge on any atom is 0.0989 e. The summed E-state index contributed by atoms with van der Waals surface area (Å²) in [5, 5.41) is 22.2. The average Bonchev–Trinajstić information content (AvgIpc) is 2.71. The van der Waals surface area contributed by atoms with E-state index in [2.05, 4.69) is 13.8 Å². The van der Waals surface area contributed by atoms with Crippen molar-refractivity contribution in [1.82, 2.24) is 0 Å². The van der Waals surface area contributed by atoms with Crippen LogP contribution < -0.4 is 0 Å². The van der Waals surface area contributed by atoms with E-state index in [-0.39, 0.29) is 5.41 Å². The Hall–Kier alpha value is -0.0800. The molecule has 4 aliphatic carbocycles. The summed E-state index contributed by atoms with van der Waals surface area (Å²) in [5.41, 5.74) is -0.409. The quantitative estimate of drug-likeness (QED) is 0.711. The van der Waals surface area contributed by atoms with Gasteiger partial charge in [-0.15, -0.1) is 0 Å². The summed E-state index contributed by atoms with van der Waals surface area (Å²) in [6.45, 7) is 4.76. The van der Waals surface area contributed by atoms with Gasteiger partial charge in [0.1, 0.15) is 0 Å². The Morgan fingerprint density at radius 2 is 1.57 bits per heavy atom. The van der Waals surface area contributed by atoms with E-state index in [9.17, 15) is 10.2 Å². The lowest BCUT2D eigenvalue weighted by atomic mass is 9.44. The first-order chi connectivity index (χ1) is 9.92. The summed E-state index contributed by atoms with van der Waals surface area (Å²) in [6, 6.07) is 0. The lowest BCUT2D eigenvalue weighted by Crippen LogP contribution is -2.64. The van der Waals surface area contributed by atoms with Crippen LogP contribution in [-0.2, 0) is 0 Å². The highest BCUT2D eigenvalue weighted by Crippen LogP contribution is 2.67. The largest absolute Gasteiger partial charge is 0.390 e. The Balaban J connectivity index is 1.72. The smallest absolute Gasteiger partial charge is 0.0989 e. The number of aliphatic hydroxyl groups excluding tert-OH is 1. The molecule has 0 aliphatic heterocycles. The Morgan fingerprint density at radius 3 is 2.38 bits per heavy atom. The molecule has 120 valence electrons. The van der Waals surface area contributed by atoms with E-state index >= 15 is 0 Å². The molecule has 2 nitrogen and oxygen atoms in total. The lowest BCUT2D eigenvalue weighted by Gasteiger charge is -2.63. The van der Waals surface area contributed by atoms with Gasteiger partial charge in [-0.05, 0) is 80.0 Å². The first-order valence-electron chi connectivity index (χ1n) is 9.32. The van der Waals surface area contributed by atoms with Crippen molar-refractivity contribution in [2.24, 2.45) is 28.6 Å². The van der Waals surface area contributed by atoms with Crippen LogP contribution in [0.3, 0.4) is 0 Å². The molecule has 0 amide bonds. The van der Waals surface area contributed by atoms with E-state index in [1.54, 1.807) is 0 Å². The van der Waals surface area contributed by atoms with Crippen molar-refractivity contribution < 1.29 is 10.2 Å². The van der Waals surface area contributed by atoms with Gasteiger partial charge in [0.05, 0.1) is 11.7 Å². The summed E-state index contributed by atoms with van der Waals surface area (Å²) < 4.78 is 0. The van der Waals surface area contributed by atoms with Gasteiger partial charge < -0.3 is 10.2 Å². The molecule has 4 rings (SSSR count). The van der Waals surface area contributed by atoms with Crippen molar-refractivity contribution in [1.29, 1.82) is 0 Å². The van der Waals surface area contributed by atoms with Gasteiger partial charge in [-0.1, -0.05) is 26.7 Å². The normalized spacial score (nSPS) is 60.0. The minimum absolute atomic E-state index is 0.0363. The van der Waals surface area contributed by atoms with Crippen LogP contribution >= 0.6 is 0 Å². The summed E-state index contributed by atoms with van der Waals surface area (Å²) >= 11 is 0. The van der Waals surface area contributed by atoms with Crippen LogP contribution in [-0.4, -0.2) is 21.9 Å². The number of hydrogen-bond acceptors (Lipinski definition) is 2. The van der Waals surface area contributed by atoms with Crippen molar-refractivity contribution in [3.63, 3.8) is 0 Å². The molecule has 0 radical (unpaired) electrons. The molecule has 0 unspecified atom stereocenters. The monoisotopic (exact) mass is 292 g/mol. The number of rotatable bonds is 0. The maximum absolute atomic E-state index is 11.6. The van der Waals surface area contributed by atoms with Crippen LogP contribution in [0.2, 0.25) is 0 Å². The van der Waals surface area contributed by atoms with Crippen LogP contribution in [0.1, 0.15) is 78.1 Å². The Morgan fingerprint density at radius 1 is 0.810 bits per heavy atom. The number of hydrogen-bond donors (Lipinski definition) is 2. The summed E-state index contributed by atoms with van der Waals surface area (Å²) in [7, 11) is 0. The van der Waals surface area contributed by atoms with Gasteiger partial charge in [-0.2, -0.15) is 0 Å². The Labute approximate surface area is 129 Å². The Kier molecular flexibility index (Phi) is 3.09. The molecule has 2 heteroatoms. The average molecular weight is 292 g/mol. The van der Waals surface area contributed by atoms with Crippen molar-refractivity contribution in [3.8, 4) is 0 Å². The molecule has 2 N–H and O–H groups in total. The molecule has 7 atom stereocenters. The van der Waals surface area contributed by atoms with Gasteiger partial charge in [-0.3, -0.25) is 0 Å². The zero-order valence-electron chi connectivity index (χ0n) is 13.8. The van der Waals surface area contributed by atoms with E-state index in [1.807, 2.05) is 0 Å². The van der Waals surface area contributed by atoms with Gasteiger partial charge in [0.25, 0.3) is 0 Å². The highest BCUT2D eigenvalue weighted by molar-refractivity contribution is 5.17. The standard InChI is InChI=1S/C19H32O2/c1-17-11-8-14-15(19(17,21)16(20)9-12-17)7-6-13-5-3-4-10-18(13,14)2/h13-16,20-21H,3-12H2,1-2H3/t13-,14+,15-,16+,17+,18+,19+/m1/s1. The number of aliphatic hydroxyl groups is 2. The zero-order valence-corrected chi connectivity index (χ0v) is 13.8. The van der Waals surface area contributed by atoms with Gasteiger partial charge in [0.15, 0.2) is 0 Å². The second kappa shape index (κ2) is 4.47. The third-order valence-corrected chi connectivity index (χ3v) is 8.63. The molecule has 21 heavy (non-hydrogen) atoms. The molecule has 4 aliphatic rings. The fourth-order valence-corrected chi connectivity index (χ4v) is 7.26. The number of fused-ring (bicyclic) bond motifs is 5. The predicted octanol–water partition coefficient (Wildman–Crippen LogP) is 3.90.